The summed E-state index contributed by atoms with van der Waals surface area (Å²) in [7, 11) is -3.72. The van der Waals surface area contributed by atoms with Crippen LogP contribution in [-0.2, 0) is 25.8 Å². The summed E-state index contributed by atoms with van der Waals surface area (Å²) in [6.45, 7) is 8.81. The van der Waals surface area contributed by atoms with Crippen LogP contribution in [0.1, 0.15) is 44.7 Å². The van der Waals surface area contributed by atoms with E-state index in [9.17, 15) is 13.2 Å². The summed E-state index contributed by atoms with van der Waals surface area (Å²) >= 11 is 0. The minimum atomic E-state index is -3.72. The van der Waals surface area contributed by atoms with E-state index in [4.69, 9.17) is 4.74 Å². The molecular formula is C26H33NO4S. The molecule has 6 heteroatoms. The van der Waals surface area contributed by atoms with E-state index in [0.29, 0.717) is 19.5 Å². The fourth-order valence-electron chi connectivity index (χ4n) is 3.94. The minimum Gasteiger partial charge on any atom is -0.458 e. The third-order valence-corrected chi connectivity index (χ3v) is 7.04. The summed E-state index contributed by atoms with van der Waals surface area (Å²) in [5.74, 6) is -0.425. The maximum atomic E-state index is 13.7. The van der Waals surface area contributed by atoms with Crippen molar-refractivity contribution in [2.75, 3.05) is 13.1 Å². The summed E-state index contributed by atoms with van der Waals surface area (Å²) in [6, 6.07) is 16.4. The fourth-order valence-corrected chi connectivity index (χ4v) is 5.02. The molecule has 1 fully saturated rings. The Hall–Kier alpha value is -2.44. The topological polar surface area (TPSA) is 63.7 Å². The van der Waals surface area contributed by atoms with E-state index in [1.54, 1.807) is 30.3 Å². The molecule has 0 unspecified atom stereocenters. The maximum absolute atomic E-state index is 13.7. The van der Waals surface area contributed by atoms with Gasteiger partial charge in [-0.2, -0.15) is 0 Å². The fraction of sp³-hybridized carbons (Fsp3) is 0.423. The normalized spacial score (nSPS) is 17.4. The molecule has 0 amide bonds. The van der Waals surface area contributed by atoms with Gasteiger partial charge in [-0.15, -0.1) is 0 Å². The monoisotopic (exact) mass is 455 g/mol. The lowest BCUT2D eigenvalue weighted by Crippen LogP contribution is -2.56. The first-order chi connectivity index (χ1) is 15.0. The van der Waals surface area contributed by atoms with Crippen molar-refractivity contribution in [1.82, 2.24) is 4.90 Å². The van der Waals surface area contributed by atoms with Crippen LogP contribution in [-0.4, -0.2) is 43.5 Å². The summed E-state index contributed by atoms with van der Waals surface area (Å²) in [6.07, 6.45) is 3.80. The van der Waals surface area contributed by atoms with Gasteiger partial charge >= 0.3 is 5.97 Å². The SMILES string of the molecule is Cc1ccc(S(=O)(=O)/C=C/[C@@](Cc2ccccc2)(C(=O)OC(C)(C)C)N2CCCC2)cc1. The van der Waals surface area contributed by atoms with Gasteiger partial charge in [-0.05, 0) is 77.4 Å². The molecule has 0 aliphatic carbocycles. The second-order valence-corrected chi connectivity index (χ2v) is 11.3. The van der Waals surface area contributed by atoms with Gasteiger partial charge in [-0.1, -0.05) is 48.0 Å². The number of benzene rings is 2. The number of hydrogen-bond donors (Lipinski definition) is 0. The molecule has 0 N–H and O–H groups in total. The molecule has 1 atom stereocenters. The Morgan fingerprint density at radius 2 is 1.59 bits per heavy atom. The van der Waals surface area contributed by atoms with Crippen LogP contribution < -0.4 is 0 Å². The van der Waals surface area contributed by atoms with Crippen LogP contribution in [0.3, 0.4) is 0 Å². The van der Waals surface area contributed by atoms with Crippen LogP contribution in [0.25, 0.3) is 0 Å². The predicted octanol–water partition coefficient (Wildman–Crippen LogP) is 4.70. The molecule has 172 valence electrons. The molecule has 2 aromatic carbocycles. The van der Waals surface area contributed by atoms with E-state index in [1.807, 2.05) is 58.0 Å². The van der Waals surface area contributed by atoms with Gasteiger partial charge in [0.15, 0.2) is 9.84 Å². The lowest BCUT2D eigenvalue weighted by molar-refractivity contribution is -0.166. The van der Waals surface area contributed by atoms with Crippen molar-refractivity contribution in [3.05, 3.63) is 77.2 Å². The lowest BCUT2D eigenvalue weighted by Gasteiger charge is -2.39. The molecule has 32 heavy (non-hydrogen) atoms. The second kappa shape index (κ2) is 9.59. The largest absolute Gasteiger partial charge is 0.458 e. The van der Waals surface area contributed by atoms with E-state index in [2.05, 4.69) is 4.90 Å². The third kappa shape index (κ3) is 5.87. The molecule has 1 aliphatic heterocycles. The number of carbonyl (C=O) groups excluding carboxylic acids is 1. The Balaban J connectivity index is 2.09. The number of esters is 1. The van der Waals surface area contributed by atoms with Crippen LogP contribution in [0, 0.1) is 6.92 Å². The Morgan fingerprint density at radius 1 is 1.00 bits per heavy atom. The molecule has 1 saturated heterocycles. The molecule has 0 radical (unpaired) electrons. The highest BCUT2D eigenvalue weighted by atomic mass is 32.2. The van der Waals surface area contributed by atoms with Crippen molar-refractivity contribution in [2.24, 2.45) is 0 Å². The molecule has 0 saturated carbocycles. The highest BCUT2D eigenvalue weighted by molar-refractivity contribution is 7.94. The van der Waals surface area contributed by atoms with Crippen LogP contribution >= 0.6 is 0 Å². The molecule has 0 aromatic heterocycles. The van der Waals surface area contributed by atoms with E-state index < -0.39 is 26.9 Å². The van der Waals surface area contributed by atoms with Gasteiger partial charge in [0.1, 0.15) is 11.1 Å². The van der Waals surface area contributed by atoms with Crippen LogP contribution in [0.5, 0.6) is 0 Å². The molecule has 1 heterocycles. The van der Waals surface area contributed by atoms with E-state index >= 15 is 0 Å². The lowest BCUT2D eigenvalue weighted by atomic mass is 9.88. The second-order valence-electron chi connectivity index (χ2n) is 9.44. The highest BCUT2D eigenvalue weighted by Gasteiger charge is 2.46. The molecule has 3 rings (SSSR count). The van der Waals surface area contributed by atoms with Gasteiger partial charge in [-0.25, -0.2) is 13.2 Å². The van der Waals surface area contributed by atoms with Crippen molar-refractivity contribution in [2.45, 2.75) is 63.0 Å². The quantitative estimate of drug-likeness (QED) is 0.566. The van der Waals surface area contributed by atoms with Crippen molar-refractivity contribution in [1.29, 1.82) is 0 Å². The zero-order valence-electron chi connectivity index (χ0n) is 19.4. The van der Waals surface area contributed by atoms with Gasteiger partial charge in [0.2, 0.25) is 0 Å². The first-order valence-electron chi connectivity index (χ1n) is 11.1. The smallest absolute Gasteiger partial charge is 0.331 e. The molecule has 2 aromatic rings. The Bertz CT molecular complexity index is 1050. The average molecular weight is 456 g/mol. The van der Waals surface area contributed by atoms with Crippen molar-refractivity contribution in [3.8, 4) is 0 Å². The van der Waals surface area contributed by atoms with Crippen LogP contribution in [0.4, 0.5) is 0 Å². The van der Waals surface area contributed by atoms with Crippen molar-refractivity contribution < 1.29 is 17.9 Å². The van der Waals surface area contributed by atoms with E-state index in [0.717, 1.165) is 24.0 Å². The predicted molar refractivity (Wildman–Crippen MR) is 127 cm³/mol. The molecule has 1 aliphatic rings. The Kier molecular flexibility index (Phi) is 7.25. The molecule has 0 spiro atoms. The minimum absolute atomic E-state index is 0.207. The third-order valence-electron chi connectivity index (χ3n) is 5.61. The number of aryl methyl sites for hydroxylation is 1. The molecular weight excluding hydrogens is 422 g/mol. The zero-order valence-corrected chi connectivity index (χ0v) is 20.2. The number of carbonyl (C=O) groups is 1. The summed E-state index contributed by atoms with van der Waals surface area (Å²) < 4.78 is 32.1. The van der Waals surface area contributed by atoms with Crippen LogP contribution in [0.2, 0.25) is 0 Å². The first-order valence-corrected chi connectivity index (χ1v) is 12.6. The number of ether oxygens (including phenoxy) is 1. The standard InChI is InChI=1S/C26H33NO4S/c1-21-12-14-23(15-13-21)32(29,30)19-16-26(27-17-8-9-18-27,24(28)31-25(2,3)4)20-22-10-6-5-7-11-22/h5-7,10-16,19H,8-9,17-18,20H2,1-4H3/b19-16+/t26-/m1/s1. The number of nitrogens with zero attached hydrogens (tertiary/aromatic N) is 1. The van der Waals surface area contributed by atoms with Gasteiger partial charge < -0.3 is 4.74 Å². The van der Waals surface area contributed by atoms with Crippen LogP contribution in [0.15, 0.2) is 71.0 Å². The van der Waals surface area contributed by atoms with Crippen molar-refractivity contribution in [3.63, 3.8) is 0 Å². The number of hydrogen-bond acceptors (Lipinski definition) is 5. The first kappa shape index (κ1) is 24.2. The number of sulfone groups is 1. The molecule has 5 nitrogen and oxygen atoms in total. The number of rotatable bonds is 7. The Labute approximate surface area is 192 Å². The van der Waals surface area contributed by atoms with Gasteiger partial charge in [0.25, 0.3) is 0 Å². The summed E-state index contributed by atoms with van der Waals surface area (Å²) in [4.78, 5) is 15.9. The maximum Gasteiger partial charge on any atom is 0.331 e. The highest BCUT2D eigenvalue weighted by Crippen LogP contribution is 2.31. The van der Waals surface area contributed by atoms with E-state index in [1.165, 1.54) is 5.41 Å². The Morgan fingerprint density at radius 3 is 2.16 bits per heavy atom. The summed E-state index contributed by atoms with van der Waals surface area (Å²) in [5, 5.41) is 1.18. The average Bonchev–Trinajstić information content (AvgIpc) is 3.26. The van der Waals surface area contributed by atoms with Crippen molar-refractivity contribution >= 4 is 15.8 Å². The van der Waals surface area contributed by atoms with E-state index in [-0.39, 0.29) is 4.90 Å². The number of likely N-dealkylation sites (tertiary alicyclic amines) is 1. The van der Waals surface area contributed by atoms with Gasteiger partial charge in [-0.3, -0.25) is 4.90 Å². The molecule has 0 bridgehead atoms. The van der Waals surface area contributed by atoms with Gasteiger partial charge in [0, 0.05) is 11.8 Å². The summed E-state index contributed by atoms with van der Waals surface area (Å²) in [5.41, 5.74) is 0.0329. The van der Waals surface area contributed by atoms with Gasteiger partial charge in [0.05, 0.1) is 4.90 Å². The zero-order chi connectivity index (χ0) is 23.4.